The third-order valence-electron chi connectivity index (χ3n) is 3.87. The SMILES string of the molecule is CC(=O)N1CCN(C(=O)CN2CCCNCC2)CC1. The molecule has 2 fully saturated rings. The van der Waals surface area contributed by atoms with Gasteiger partial charge in [-0.2, -0.15) is 0 Å². The van der Waals surface area contributed by atoms with E-state index in [1.807, 2.05) is 4.90 Å². The molecule has 1 N–H and O–H groups in total. The van der Waals surface area contributed by atoms with Crippen LogP contribution in [-0.2, 0) is 9.59 Å². The molecule has 2 rings (SSSR count). The van der Waals surface area contributed by atoms with Crippen LogP contribution in [0.5, 0.6) is 0 Å². The number of hydrogen-bond donors (Lipinski definition) is 1. The predicted molar refractivity (Wildman–Crippen MR) is 72.8 cm³/mol. The van der Waals surface area contributed by atoms with Crippen molar-refractivity contribution in [2.45, 2.75) is 13.3 Å². The zero-order valence-electron chi connectivity index (χ0n) is 11.7. The second-order valence-corrected chi connectivity index (χ2v) is 5.27. The lowest BCUT2D eigenvalue weighted by Crippen LogP contribution is -2.52. The topological polar surface area (TPSA) is 55.9 Å². The first kappa shape index (κ1) is 14.3. The van der Waals surface area contributed by atoms with E-state index in [0.717, 1.165) is 32.6 Å². The van der Waals surface area contributed by atoms with Crippen LogP contribution in [0.1, 0.15) is 13.3 Å². The second kappa shape index (κ2) is 6.86. The van der Waals surface area contributed by atoms with Crippen molar-refractivity contribution in [2.75, 3.05) is 58.9 Å². The highest BCUT2D eigenvalue weighted by atomic mass is 16.2. The van der Waals surface area contributed by atoms with Gasteiger partial charge in [-0.3, -0.25) is 14.5 Å². The summed E-state index contributed by atoms with van der Waals surface area (Å²) in [5, 5.41) is 3.34. The standard InChI is InChI=1S/C13H24N4O2/c1-12(18)16-7-9-17(10-8-16)13(19)11-15-5-2-3-14-4-6-15/h14H,2-11H2,1H3. The minimum absolute atomic E-state index is 0.102. The Morgan fingerprint density at radius 3 is 2.32 bits per heavy atom. The van der Waals surface area contributed by atoms with Crippen LogP contribution in [0.15, 0.2) is 0 Å². The Labute approximate surface area is 114 Å². The second-order valence-electron chi connectivity index (χ2n) is 5.27. The van der Waals surface area contributed by atoms with Gasteiger partial charge in [-0.1, -0.05) is 0 Å². The van der Waals surface area contributed by atoms with Gasteiger partial charge >= 0.3 is 0 Å². The summed E-state index contributed by atoms with van der Waals surface area (Å²) in [6.07, 6.45) is 1.10. The van der Waals surface area contributed by atoms with Crippen molar-refractivity contribution in [3.63, 3.8) is 0 Å². The van der Waals surface area contributed by atoms with Gasteiger partial charge in [-0.05, 0) is 19.5 Å². The fourth-order valence-corrected chi connectivity index (χ4v) is 2.62. The molecule has 2 aliphatic rings. The van der Waals surface area contributed by atoms with E-state index in [4.69, 9.17) is 0 Å². The maximum absolute atomic E-state index is 12.2. The third-order valence-corrected chi connectivity index (χ3v) is 3.87. The predicted octanol–water partition coefficient (Wildman–Crippen LogP) is -1.03. The van der Waals surface area contributed by atoms with Gasteiger partial charge in [0.2, 0.25) is 11.8 Å². The van der Waals surface area contributed by atoms with Crippen molar-refractivity contribution in [2.24, 2.45) is 0 Å². The Hall–Kier alpha value is -1.14. The van der Waals surface area contributed by atoms with Crippen LogP contribution in [0.2, 0.25) is 0 Å². The van der Waals surface area contributed by atoms with Gasteiger partial charge in [0.05, 0.1) is 6.54 Å². The number of nitrogens with zero attached hydrogens (tertiary/aromatic N) is 3. The van der Waals surface area contributed by atoms with Crippen LogP contribution < -0.4 is 5.32 Å². The Morgan fingerprint density at radius 1 is 0.947 bits per heavy atom. The molecule has 0 unspecified atom stereocenters. The van der Waals surface area contributed by atoms with Crippen LogP contribution in [-0.4, -0.2) is 85.4 Å². The molecule has 0 spiro atoms. The molecule has 2 heterocycles. The van der Waals surface area contributed by atoms with Crippen LogP contribution in [0.3, 0.4) is 0 Å². The van der Waals surface area contributed by atoms with Crippen molar-refractivity contribution in [3.05, 3.63) is 0 Å². The maximum Gasteiger partial charge on any atom is 0.236 e. The van der Waals surface area contributed by atoms with Gasteiger partial charge in [0.1, 0.15) is 0 Å². The van der Waals surface area contributed by atoms with Crippen molar-refractivity contribution in [1.29, 1.82) is 0 Å². The molecule has 2 aliphatic heterocycles. The van der Waals surface area contributed by atoms with E-state index in [1.165, 1.54) is 0 Å². The Bertz CT molecular complexity index is 319. The molecule has 6 nitrogen and oxygen atoms in total. The summed E-state index contributed by atoms with van der Waals surface area (Å²) in [5.41, 5.74) is 0. The molecule has 2 amide bonds. The summed E-state index contributed by atoms with van der Waals surface area (Å²) < 4.78 is 0. The summed E-state index contributed by atoms with van der Waals surface area (Å²) in [7, 11) is 0. The first-order chi connectivity index (χ1) is 9.16. The minimum atomic E-state index is 0.102. The fraction of sp³-hybridized carbons (Fsp3) is 0.846. The number of carbonyl (C=O) groups is 2. The first-order valence-electron chi connectivity index (χ1n) is 7.13. The molecule has 6 heteroatoms. The highest BCUT2D eigenvalue weighted by Crippen LogP contribution is 2.04. The van der Waals surface area contributed by atoms with Gasteiger partial charge in [-0.15, -0.1) is 0 Å². The van der Waals surface area contributed by atoms with Crippen molar-refractivity contribution >= 4 is 11.8 Å². The third kappa shape index (κ3) is 4.18. The quantitative estimate of drug-likeness (QED) is 0.696. The van der Waals surface area contributed by atoms with E-state index >= 15 is 0 Å². The summed E-state index contributed by atoms with van der Waals surface area (Å²) in [6.45, 7) is 8.72. The smallest absolute Gasteiger partial charge is 0.236 e. The first-order valence-corrected chi connectivity index (χ1v) is 7.13. The molecule has 19 heavy (non-hydrogen) atoms. The molecular weight excluding hydrogens is 244 g/mol. The summed E-state index contributed by atoms with van der Waals surface area (Å²) >= 11 is 0. The molecule has 0 aromatic rings. The van der Waals surface area contributed by atoms with Gasteiger partial charge in [0.25, 0.3) is 0 Å². The zero-order valence-corrected chi connectivity index (χ0v) is 11.7. The average Bonchev–Trinajstić information content (AvgIpc) is 2.67. The number of rotatable bonds is 2. The zero-order chi connectivity index (χ0) is 13.7. The number of hydrogen-bond acceptors (Lipinski definition) is 4. The summed E-state index contributed by atoms with van der Waals surface area (Å²) in [4.78, 5) is 29.4. The fourth-order valence-electron chi connectivity index (χ4n) is 2.62. The van der Waals surface area contributed by atoms with Gasteiger partial charge in [0, 0.05) is 46.2 Å². The highest BCUT2D eigenvalue weighted by Gasteiger charge is 2.23. The molecule has 0 saturated carbocycles. The largest absolute Gasteiger partial charge is 0.339 e. The Morgan fingerprint density at radius 2 is 1.63 bits per heavy atom. The molecule has 2 saturated heterocycles. The van der Waals surface area contributed by atoms with E-state index in [1.54, 1.807) is 11.8 Å². The summed E-state index contributed by atoms with van der Waals surface area (Å²) in [6, 6.07) is 0. The highest BCUT2D eigenvalue weighted by molar-refractivity contribution is 5.79. The molecule has 0 atom stereocenters. The van der Waals surface area contributed by atoms with E-state index in [9.17, 15) is 9.59 Å². The van der Waals surface area contributed by atoms with Gasteiger partial charge in [0.15, 0.2) is 0 Å². The van der Waals surface area contributed by atoms with Crippen LogP contribution in [0.4, 0.5) is 0 Å². The normalized spacial score (nSPS) is 22.2. The van der Waals surface area contributed by atoms with E-state index in [0.29, 0.717) is 32.7 Å². The number of carbonyl (C=O) groups excluding carboxylic acids is 2. The van der Waals surface area contributed by atoms with Crippen molar-refractivity contribution in [3.8, 4) is 0 Å². The number of amides is 2. The Kier molecular flexibility index (Phi) is 5.15. The number of piperazine rings is 1. The average molecular weight is 268 g/mol. The molecule has 0 bridgehead atoms. The molecule has 0 radical (unpaired) electrons. The van der Waals surface area contributed by atoms with Gasteiger partial charge in [-0.25, -0.2) is 0 Å². The van der Waals surface area contributed by atoms with Crippen LogP contribution in [0.25, 0.3) is 0 Å². The molecule has 0 aromatic heterocycles. The molecular formula is C13H24N4O2. The lowest BCUT2D eigenvalue weighted by Gasteiger charge is -2.35. The lowest BCUT2D eigenvalue weighted by molar-refractivity contribution is -0.139. The Balaban J connectivity index is 1.76. The van der Waals surface area contributed by atoms with Crippen LogP contribution >= 0.6 is 0 Å². The van der Waals surface area contributed by atoms with Crippen molar-refractivity contribution in [1.82, 2.24) is 20.0 Å². The monoisotopic (exact) mass is 268 g/mol. The molecule has 0 aromatic carbocycles. The minimum Gasteiger partial charge on any atom is -0.339 e. The van der Waals surface area contributed by atoms with Crippen molar-refractivity contribution < 1.29 is 9.59 Å². The maximum atomic E-state index is 12.2. The summed E-state index contributed by atoms with van der Waals surface area (Å²) in [5.74, 6) is 0.302. The molecule has 108 valence electrons. The number of nitrogens with one attached hydrogen (secondary N) is 1. The van der Waals surface area contributed by atoms with E-state index in [-0.39, 0.29) is 11.8 Å². The van der Waals surface area contributed by atoms with Crippen LogP contribution in [0, 0.1) is 0 Å². The lowest BCUT2D eigenvalue weighted by atomic mass is 10.3. The van der Waals surface area contributed by atoms with E-state index < -0.39 is 0 Å². The van der Waals surface area contributed by atoms with Gasteiger partial charge < -0.3 is 15.1 Å². The van der Waals surface area contributed by atoms with E-state index in [2.05, 4.69) is 10.2 Å². The molecule has 0 aliphatic carbocycles.